The lowest BCUT2D eigenvalue weighted by Gasteiger charge is -2.09. The van der Waals surface area contributed by atoms with Gasteiger partial charge in [0.2, 0.25) is 0 Å². The Labute approximate surface area is 102 Å². The van der Waals surface area contributed by atoms with Crippen molar-refractivity contribution in [2.45, 2.75) is 12.7 Å². The molecule has 2 nitrogen and oxygen atoms in total. The molecule has 0 fully saturated rings. The number of rotatable bonds is 5. The molecule has 0 aliphatic rings. The molecule has 16 heavy (non-hydrogen) atoms. The molecule has 0 aromatic heterocycles. The topological polar surface area (TPSA) is 43.1 Å². The van der Waals surface area contributed by atoms with Gasteiger partial charge in [-0.3, -0.25) is 4.21 Å². The molecule has 0 bridgehead atoms. The van der Waals surface area contributed by atoms with Crippen LogP contribution in [0.5, 0.6) is 0 Å². The SMILES string of the molecule is CC(CN)CS(=O)Cc1cccc(F)c1Cl. The third kappa shape index (κ3) is 3.85. The van der Waals surface area contributed by atoms with E-state index < -0.39 is 16.6 Å². The second-order valence-electron chi connectivity index (χ2n) is 3.80. The summed E-state index contributed by atoms with van der Waals surface area (Å²) in [6.07, 6.45) is 0. The van der Waals surface area contributed by atoms with Crippen LogP contribution in [-0.4, -0.2) is 16.5 Å². The molecule has 0 amide bonds. The summed E-state index contributed by atoms with van der Waals surface area (Å²) in [5.41, 5.74) is 6.03. The maximum Gasteiger partial charge on any atom is 0.142 e. The Bertz CT molecular complexity index is 386. The van der Waals surface area contributed by atoms with Crippen LogP contribution in [-0.2, 0) is 16.6 Å². The monoisotopic (exact) mass is 263 g/mol. The Balaban J connectivity index is 2.66. The van der Waals surface area contributed by atoms with Gasteiger partial charge >= 0.3 is 0 Å². The van der Waals surface area contributed by atoms with E-state index in [0.717, 1.165) is 0 Å². The van der Waals surface area contributed by atoms with Gasteiger partial charge in [-0.25, -0.2) is 4.39 Å². The van der Waals surface area contributed by atoms with E-state index in [-0.39, 0.29) is 16.7 Å². The van der Waals surface area contributed by atoms with Gasteiger partial charge in [-0.15, -0.1) is 0 Å². The molecule has 90 valence electrons. The second-order valence-corrected chi connectivity index (χ2v) is 5.68. The van der Waals surface area contributed by atoms with Crippen LogP contribution >= 0.6 is 11.6 Å². The molecule has 0 spiro atoms. The van der Waals surface area contributed by atoms with Crippen LogP contribution in [0.2, 0.25) is 5.02 Å². The fourth-order valence-electron chi connectivity index (χ4n) is 1.28. The summed E-state index contributed by atoms with van der Waals surface area (Å²) >= 11 is 5.77. The molecule has 0 saturated carbocycles. The van der Waals surface area contributed by atoms with Gasteiger partial charge in [-0.05, 0) is 24.1 Å². The molecular weight excluding hydrogens is 249 g/mol. The highest BCUT2D eigenvalue weighted by Crippen LogP contribution is 2.21. The Kier molecular flexibility index (Phi) is 5.38. The molecule has 0 heterocycles. The van der Waals surface area contributed by atoms with Crippen LogP contribution in [0, 0.1) is 11.7 Å². The van der Waals surface area contributed by atoms with Crippen molar-refractivity contribution in [3.63, 3.8) is 0 Å². The van der Waals surface area contributed by atoms with Crippen molar-refractivity contribution in [1.29, 1.82) is 0 Å². The van der Waals surface area contributed by atoms with E-state index >= 15 is 0 Å². The summed E-state index contributed by atoms with van der Waals surface area (Å²) in [6.45, 7) is 2.44. The molecule has 2 unspecified atom stereocenters. The van der Waals surface area contributed by atoms with Crippen molar-refractivity contribution in [3.8, 4) is 0 Å². The summed E-state index contributed by atoms with van der Waals surface area (Å²) < 4.78 is 24.8. The summed E-state index contributed by atoms with van der Waals surface area (Å²) in [4.78, 5) is 0. The molecule has 1 aromatic rings. The molecule has 2 N–H and O–H groups in total. The summed E-state index contributed by atoms with van der Waals surface area (Å²) in [5, 5.41) is 0.0660. The first kappa shape index (κ1) is 13.6. The average molecular weight is 264 g/mol. The molecule has 0 aliphatic heterocycles. The molecule has 1 rings (SSSR count). The number of halogens is 2. The summed E-state index contributed by atoms with van der Waals surface area (Å²) in [7, 11) is -1.05. The van der Waals surface area contributed by atoms with Crippen molar-refractivity contribution in [1.82, 2.24) is 0 Å². The van der Waals surface area contributed by atoms with Gasteiger partial charge in [0.05, 0.1) is 10.8 Å². The molecule has 0 aliphatic carbocycles. The van der Waals surface area contributed by atoms with Gasteiger partial charge in [-0.1, -0.05) is 30.7 Å². The molecule has 1 aromatic carbocycles. The largest absolute Gasteiger partial charge is 0.330 e. The zero-order chi connectivity index (χ0) is 12.1. The standard InChI is InChI=1S/C11H15ClFNOS/c1-8(5-14)6-16(15)7-9-3-2-4-10(13)11(9)12/h2-4,8H,5-7,14H2,1H3. The smallest absolute Gasteiger partial charge is 0.142 e. The highest BCUT2D eigenvalue weighted by Gasteiger charge is 2.11. The van der Waals surface area contributed by atoms with Gasteiger partial charge in [0.15, 0.2) is 0 Å². The van der Waals surface area contributed by atoms with E-state index in [1.54, 1.807) is 12.1 Å². The lowest BCUT2D eigenvalue weighted by Crippen LogP contribution is -2.18. The van der Waals surface area contributed by atoms with E-state index in [1.165, 1.54) is 6.07 Å². The van der Waals surface area contributed by atoms with Crippen molar-refractivity contribution >= 4 is 22.4 Å². The molecule has 2 atom stereocenters. The predicted octanol–water partition coefficient (Wildman–Crippen LogP) is 2.32. The number of benzene rings is 1. The first-order valence-electron chi connectivity index (χ1n) is 5.02. The molecule has 0 radical (unpaired) electrons. The van der Waals surface area contributed by atoms with Crippen LogP contribution in [0.1, 0.15) is 12.5 Å². The summed E-state index contributed by atoms with van der Waals surface area (Å²) in [5.74, 6) is 0.529. The second kappa shape index (κ2) is 6.33. The van der Waals surface area contributed by atoms with E-state index in [0.29, 0.717) is 17.9 Å². The van der Waals surface area contributed by atoms with Gasteiger partial charge < -0.3 is 5.73 Å². The first-order valence-corrected chi connectivity index (χ1v) is 6.89. The van der Waals surface area contributed by atoms with Crippen LogP contribution < -0.4 is 5.73 Å². The Morgan fingerprint density at radius 1 is 1.56 bits per heavy atom. The third-order valence-corrected chi connectivity index (χ3v) is 4.22. The van der Waals surface area contributed by atoms with Gasteiger partial charge in [0.1, 0.15) is 5.82 Å². The number of hydrogen-bond acceptors (Lipinski definition) is 2. The lowest BCUT2D eigenvalue weighted by atomic mass is 10.2. The maximum absolute atomic E-state index is 13.1. The zero-order valence-electron chi connectivity index (χ0n) is 9.08. The van der Waals surface area contributed by atoms with Gasteiger partial charge in [-0.2, -0.15) is 0 Å². The minimum absolute atomic E-state index is 0.0660. The number of nitrogens with two attached hydrogens (primary N) is 1. The van der Waals surface area contributed by atoms with E-state index in [4.69, 9.17) is 17.3 Å². The first-order chi connectivity index (χ1) is 7.54. The van der Waals surface area contributed by atoms with Gasteiger partial charge in [0.25, 0.3) is 0 Å². The van der Waals surface area contributed by atoms with Crippen LogP contribution in [0.4, 0.5) is 4.39 Å². The molecule has 0 saturated heterocycles. The van der Waals surface area contributed by atoms with E-state index in [2.05, 4.69) is 0 Å². The van der Waals surface area contributed by atoms with Crippen LogP contribution in [0.25, 0.3) is 0 Å². The van der Waals surface area contributed by atoms with Crippen molar-refractivity contribution in [3.05, 3.63) is 34.6 Å². The minimum atomic E-state index is -1.05. The van der Waals surface area contributed by atoms with Crippen LogP contribution in [0.3, 0.4) is 0 Å². The minimum Gasteiger partial charge on any atom is -0.330 e. The third-order valence-electron chi connectivity index (χ3n) is 2.22. The summed E-state index contributed by atoms with van der Waals surface area (Å²) in [6, 6.07) is 4.55. The Hall–Kier alpha value is -0.450. The lowest BCUT2D eigenvalue weighted by molar-refractivity contribution is 0.626. The normalized spacial score (nSPS) is 14.8. The van der Waals surface area contributed by atoms with Crippen molar-refractivity contribution < 1.29 is 8.60 Å². The average Bonchev–Trinajstić information content (AvgIpc) is 2.24. The number of hydrogen-bond donors (Lipinski definition) is 1. The fraction of sp³-hybridized carbons (Fsp3) is 0.455. The zero-order valence-corrected chi connectivity index (χ0v) is 10.7. The highest BCUT2D eigenvalue weighted by atomic mass is 35.5. The van der Waals surface area contributed by atoms with E-state index in [1.807, 2.05) is 6.92 Å². The highest BCUT2D eigenvalue weighted by molar-refractivity contribution is 7.84. The van der Waals surface area contributed by atoms with Crippen molar-refractivity contribution in [2.24, 2.45) is 11.7 Å². The predicted molar refractivity (Wildman–Crippen MR) is 66.3 cm³/mol. The maximum atomic E-state index is 13.1. The van der Waals surface area contributed by atoms with E-state index in [9.17, 15) is 8.60 Å². The fourth-order valence-corrected chi connectivity index (χ4v) is 3.03. The molecule has 5 heteroatoms. The quantitative estimate of drug-likeness (QED) is 0.886. The van der Waals surface area contributed by atoms with Crippen LogP contribution in [0.15, 0.2) is 18.2 Å². The van der Waals surface area contributed by atoms with Crippen molar-refractivity contribution in [2.75, 3.05) is 12.3 Å². The van der Waals surface area contributed by atoms with Gasteiger partial charge in [0, 0.05) is 16.6 Å². The molecular formula is C11H15ClFNOS. The Morgan fingerprint density at radius 3 is 2.88 bits per heavy atom. The Morgan fingerprint density at radius 2 is 2.25 bits per heavy atom.